The van der Waals surface area contributed by atoms with Crippen molar-refractivity contribution in [1.29, 1.82) is 0 Å². The lowest BCUT2D eigenvalue weighted by Gasteiger charge is -2.34. The van der Waals surface area contributed by atoms with Gasteiger partial charge in [-0.15, -0.1) is 0 Å². The summed E-state index contributed by atoms with van der Waals surface area (Å²) in [6, 6.07) is -1.24. The highest BCUT2D eigenvalue weighted by molar-refractivity contribution is 6.09. The molecule has 3 fully saturated rings. The molecule has 1 N–H and O–H groups in total. The van der Waals surface area contributed by atoms with Crippen molar-refractivity contribution in [2.75, 3.05) is 13.1 Å². The number of aromatic nitrogens is 2. The maximum absolute atomic E-state index is 12.9. The summed E-state index contributed by atoms with van der Waals surface area (Å²) in [6.45, 7) is 4.51. The van der Waals surface area contributed by atoms with E-state index in [-0.39, 0.29) is 17.7 Å². The van der Waals surface area contributed by atoms with Crippen LogP contribution in [0.5, 0.6) is 0 Å². The minimum atomic E-state index is -0.792. The lowest BCUT2D eigenvalue weighted by molar-refractivity contribution is -0.143. The molecule has 1 atom stereocenters. The number of hydrogen-bond donors (Lipinski definition) is 1. The van der Waals surface area contributed by atoms with Gasteiger partial charge in [0.15, 0.2) is 5.82 Å². The fraction of sp³-hybridized carbons (Fsp3) is 0.722. The van der Waals surface area contributed by atoms with Gasteiger partial charge in [0, 0.05) is 19.0 Å². The number of nitrogens with one attached hydrogen (secondary N) is 1. The highest BCUT2D eigenvalue weighted by Gasteiger charge is 2.54. The summed E-state index contributed by atoms with van der Waals surface area (Å²) in [5.41, 5.74) is -0.783. The van der Waals surface area contributed by atoms with Gasteiger partial charge in [-0.1, -0.05) is 18.0 Å². The van der Waals surface area contributed by atoms with Gasteiger partial charge < -0.3 is 14.7 Å². The van der Waals surface area contributed by atoms with E-state index in [1.54, 1.807) is 18.7 Å². The van der Waals surface area contributed by atoms with Crippen LogP contribution in [0.1, 0.15) is 63.1 Å². The predicted molar refractivity (Wildman–Crippen MR) is 93.6 cm³/mol. The first-order chi connectivity index (χ1) is 12.9. The molecule has 0 aromatic carbocycles. The Morgan fingerprint density at radius 1 is 1.26 bits per heavy atom. The largest absolute Gasteiger partial charge is 0.341 e. The topological polar surface area (TPSA) is 109 Å². The number of likely N-dealkylation sites (tertiary alicyclic amines) is 1. The normalized spacial score (nSPS) is 23.9. The molecule has 1 aliphatic carbocycles. The number of carbonyl (C=O) groups excluding carboxylic acids is 3. The first-order valence-electron chi connectivity index (χ1n) is 9.66. The van der Waals surface area contributed by atoms with Crippen molar-refractivity contribution >= 4 is 17.8 Å². The highest BCUT2D eigenvalue weighted by atomic mass is 16.5. The summed E-state index contributed by atoms with van der Waals surface area (Å²) in [7, 11) is 0. The minimum Gasteiger partial charge on any atom is -0.341 e. The summed E-state index contributed by atoms with van der Waals surface area (Å²) in [4.78, 5) is 45.3. The molecule has 2 saturated heterocycles. The van der Waals surface area contributed by atoms with E-state index in [2.05, 4.69) is 15.5 Å². The number of carbonyl (C=O) groups is 3. The lowest BCUT2D eigenvalue weighted by Crippen LogP contribution is -2.52. The van der Waals surface area contributed by atoms with Crippen LogP contribution in [-0.2, 0) is 9.59 Å². The number of imide groups is 1. The van der Waals surface area contributed by atoms with Gasteiger partial charge in [0.2, 0.25) is 11.8 Å². The predicted octanol–water partition coefficient (Wildman–Crippen LogP) is 1.34. The molecule has 1 saturated carbocycles. The first kappa shape index (κ1) is 17.9. The minimum absolute atomic E-state index is 0.143. The van der Waals surface area contributed by atoms with Crippen molar-refractivity contribution in [2.45, 2.75) is 69.9 Å². The molecule has 4 amide bonds. The maximum atomic E-state index is 12.9. The Labute approximate surface area is 157 Å². The number of hydrogen-bond acceptors (Lipinski definition) is 6. The SMILES string of the molecule is Cc1noc(C2CCN(C(=O)C(C)N3C(=O)NC4(CCCC4)C3=O)CC2)n1. The molecular formula is C18H25N5O4. The van der Waals surface area contributed by atoms with Gasteiger partial charge in [0.25, 0.3) is 5.91 Å². The highest BCUT2D eigenvalue weighted by Crippen LogP contribution is 2.36. The molecule has 3 aliphatic rings. The zero-order valence-electron chi connectivity index (χ0n) is 15.7. The molecular weight excluding hydrogens is 350 g/mol. The fourth-order valence-electron chi connectivity index (χ4n) is 4.51. The van der Waals surface area contributed by atoms with Gasteiger partial charge in [0.1, 0.15) is 11.6 Å². The summed E-state index contributed by atoms with van der Waals surface area (Å²) >= 11 is 0. The van der Waals surface area contributed by atoms with Crippen LogP contribution in [0.2, 0.25) is 0 Å². The van der Waals surface area contributed by atoms with E-state index in [0.717, 1.165) is 30.6 Å². The van der Waals surface area contributed by atoms with Gasteiger partial charge in [0.05, 0.1) is 0 Å². The van der Waals surface area contributed by atoms with Crippen LogP contribution in [0.4, 0.5) is 4.79 Å². The van der Waals surface area contributed by atoms with Crippen molar-refractivity contribution in [2.24, 2.45) is 0 Å². The fourth-order valence-corrected chi connectivity index (χ4v) is 4.51. The van der Waals surface area contributed by atoms with E-state index in [1.807, 2.05) is 0 Å². The third-order valence-electron chi connectivity index (χ3n) is 6.09. The monoisotopic (exact) mass is 375 g/mol. The van der Waals surface area contributed by atoms with Gasteiger partial charge in [-0.25, -0.2) is 9.69 Å². The Hall–Kier alpha value is -2.45. The summed E-state index contributed by atoms with van der Waals surface area (Å²) in [6.07, 6.45) is 4.61. The molecule has 1 aromatic rings. The number of rotatable bonds is 3. The summed E-state index contributed by atoms with van der Waals surface area (Å²) in [5.74, 6) is 0.932. The van der Waals surface area contributed by atoms with Gasteiger partial charge in [-0.05, 0) is 39.5 Å². The van der Waals surface area contributed by atoms with E-state index < -0.39 is 17.6 Å². The molecule has 2 aliphatic heterocycles. The Morgan fingerprint density at radius 2 is 1.93 bits per heavy atom. The van der Waals surface area contributed by atoms with Gasteiger partial charge in [-0.3, -0.25) is 9.59 Å². The summed E-state index contributed by atoms with van der Waals surface area (Å²) in [5, 5.41) is 6.66. The van der Waals surface area contributed by atoms with E-state index in [1.165, 1.54) is 0 Å². The Balaban J connectivity index is 1.40. The average Bonchev–Trinajstić information content (AvgIpc) is 3.36. The number of urea groups is 1. The molecule has 9 nitrogen and oxygen atoms in total. The molecule has 1 aromatic heterocycles. The van der Waals surface area contributed by atoms with Gasteiger partial charge >= 0.3 is 6.03 Å². The Bertz CT molecular complexity index is 762. The van der Waals surface area contributed by atoms with Crippen LogP contribution in [0, 0.1) is 6.92 Å². The molecule has 0 bridgehead atoms. The number of amides is 4. The second-order valence-corrected chi connectivity index (χ2v) is 7.85. The van der Waals surface area contributed by atoms with Gasteiger partial charge in [-0.2, -0.15) is 4.98 Å². The van der Waals surface area contributed by atoms with Crippen LogP contribution in [-0.4, -0.2) is 62.5 Å². The van der Waals surface area contributed by atoms with Crippen molar-refractivity contribution in [1.82, 2.24) is 25.3 Å². The smallest absolute Gasteiger partial charge is 0.325 e. The van der Waals surface area contributed by atoms with Crippen molar-refractivity contribution in [3.05, 3.63) is 11.7 Å². The van der Waals surface area contributed by atoms with Crippen LogP contribution < -0.4 is 5.32 Å². The lowest BCUT2D eigenvalue weighted by atomic mass is 9.96. The van der Waals surface area contributed by atoms with Crippen LogP contribution in [0.25, 0.3) is 0 Å². The third kappa shape index (κ3) is 2.98. The van der Waals surface area contributed by atoms with Crippen LogP contribution in [0.3, 0.4) is 0 Å². The molecule has 9 heteroatoms. The van der Waals surface area contributed by atoms with E-state index in [4.69, 9.17) is 4.52 Å². The van der Waals surface area contributed by atoms with Crippen molar-refractivity contribution in [3.8, 4) is 0 Å². The van der Waals surface area contributed by atoms with E-state index >= 15 is 0 Å². The number of nitrogens with zero attached hydrogens (tertiary/aromatic N) is 4. The number of aryl methyl sites for hydroxylation is 1. The van der Waals surface area contributed by atoms with Crippen molar-refractivity contribution < 1.29 is 18.9 Å². The second-order valence-electron chi connectivity index (χ2n) is 7.85. The Kier molecular flexibility index (Phi) is 4.39. The third-order valence-corrected chi connectivity index (χ3v) is 6.09. The van der Waals surface area contributed by atoms with Crippen LogP contribution in [0.15, 0.2) is 4.52 Å². The quantitative estimate of drug-likeness (QED) is 0.799. The molecule has 146 valence electrons. The average molecular weight is 375 g/mol. The molecule has 3 heterocycles. The molecule has 1 unspecified atom stereocenters. The van der Waals surface area contributed by atoms with Crippen molar-refractivity contribution in [3.63, 3.8) is 0 Å². The molecule has 0 radical (unpaired) electrons. The standard InChI is InChI=1S/C18H25N5O4/c1-11(23-16(25)18(20-17(23)26)7-3-4-8-18)15(24)22-9-5-13(6-10-22)14-19-12(2)21-27-14/h11,13H,3-10H2,1-2H3,(H,20,26). The summed E-state index contributed by atoms with van der Waals surface area (Å²) < 4.78 is 5.24. The number of piperidine rings is 1. The molecule has 4 rings (SSSR count). The Morgan fingerprint density at radius 3 is 2.52 bits per heavy atom. The zero-order chi connectivity index (χ0) is 19.2. The van der Waals surface area contributed by atoms with E-state index in [9.17, 15) is 14.4 Å². The molecule has 1 spiro atoms. The van der Waals surface area contributed by atoms with E-state index in [0.29, 0.717) is 37.6 Å². The van der Waals surface area contributed by atoms with Crippen LogP contribution >= 0.6 is 0 Å². The first-order valence-corrected chi connectivity index (χ1v) is 9.66. The second kappa shape index (κ2) is 6.61. The molecule has 27 heavy (non-hydrogen) atoms. The zero-order valence-corrected chi connectivity index (χ0v) is 15.7. The maximum Gasteiger partial charge on any atom is 0.325 e.